The van der Waals surface area contributed by atoms with Gasteiger partial charge >= 0.3 is 18.3 Å². The SMILES string of the molecule is C.C=C(c1cc(Cl)cc(Cl)c1F)C(F)(F)F.CC1(c2cc(Cl)cc(Cl)c2F)CCN(Cc2ccccc2)C1.COCN(Cc1ccccc1)C[Si](C)(C)C.O=C(O)C(F)(F)F. The molecule has 0 aromatic heterocycles. The molecule has 1 unspecified atom stereocenters. The van der Waals surface area contributed by atoms with E-state index in [2.05, 4.69) is 85.4 Å². The minimum Gasteiger partial charge on any atom is -0.475 e. The molecular weight excluding hydrogens is 914 g/mol. The normalized spacial score (nSPS) is 15.3. The third-order valence-electron chi connectivity index (χ3n) is 8.61. The zero-order valence-electron chi connectivity index (χ0n) is 33.4. The van der Waals surface area contributed by atoms with Crippen LogP contribution in [0.4, 0.5) is 35.1 Å². The number of carboxylic acids is 1. The Kier molecular flexibility index (Phi) is 22.5. The molecule has 1 atom stereocenters. The minimum absolute atomic E-state index is 0. The molecule has 0 saturated carbocycles. The molecule has 0 spiro atoms. The van der Waals surface area contributed by atoms with E-state index in [1.807, 2.05) is 18.2 Å². The van der Waals surface area contributed by atoms with Crippen LogP contribution in [0.15, 0.2) is 91.5 Å². The smallest absolute Gasteiger partial charge is 0.475 e. The number of rotatable bonds is 10. The van der Waals surface area contributed by atoms with Gasteiger partial charge in [-0.15, -0.1) is 0 Å². The van der Waals surface area contributed by atoms with Crippen LogP contribution in [0.1, 0.15) is 43.0 Å². The molecule has 1 N–H and O–H groups in total. The lowest BCUT2D eigenvalue weighted by molar-refractivity contribution is -0.192. The number of carboxylic acid groups (broad SMARTS) is 1. The van der Waals surface area contributed by atoms with Gasteiger partial charge in [-0.1, -0.05) is 148 Å². The van der Waals surface area contributed by atoms with Gasteiger partial charge in [0.25, 0.3) is 0 Å². The quantitative estimate of drug-likeness (QED) is 0.0743. The lowest BCUT2D eigenvalue weighted by Gasteiger charge is -2.28. The summed E-state index contributed by atoms with van der Waals surface area (Å²) in [5, 5.41) is 7.17. The lowest BCUT2D eigenvalue weighted by atomic mass is 9.81. The van der Waals surface area contributed by atoms with Gasteiger partial charge in [-0.25, -0.2) is 13.6 Å². The van der Waals surface area contributed by atoms with E-state index in [0.29, 0.717) is 10.6 Å². The molecule has 4 aromatic carbocycles. The Morgan fingerprint density at radius 3 is 1.77 bits per heavy atom. The van der Waals surface area contributed by atoms with E-state index in [0.717, 1.165) is 51.5 Å². The minimum atomic E-state index is -5.08. The Labute approximate surface area is 373 Å². The van der Waals surface area contributed by atoms with Crippen molar-refractivity contribution in [1.82, 2.24) is 9.80 Å². The number of alkyl halides is 6. The molecule has 18 heteroatoms. The van der Waals surface area contributed by atoms with Crippen molar-refractivity contribution in [2.75, 3.05) is 33.1 Å². The molecule has 0 amide bonds. The van der Waals surface area contributed by atoms with Gasteiger partial charge < -0.3 is 9.84 Å². The Bertz CT molecular complexity index is 2000. The monoisotopic (exact) mass is 962 g/mol. The first-order valence-electron chi connectivity index (χ1n) is 18.0. The number of carbonyl (C=O) groups is 1. The fourth-order valence-electron chi connectivity index (χ4n) is 6.02. The second-order valence-corrected chi connectivity index (χ2v) is 22.4. The van der Waals surface area contributed by atoms with Gasteiger partial charge in [-0.05, 0) is 60.1 Å². The number of halogens is 12. The highest BCUT2D eigenvalue weighted by Gasteiger charge is 2.39. The number of nitrogens with zero attached hydrogens (tertiary/aromatic N) is 2. The van der Waals surface area contributed by atoms with Crippen LogP contribution in [0.5, 0.6) is 0 Å². The summed E-state index contributed by atoms with van der Waals surface area (Å²) in [6.07, 6.45) is -7.72. The Morgan fingerprint density at radius 2 is 1.31 bits per heavy atom. The largest absolute Gasteiger partial charge is 0.490 e. The lowest BCUT2D eigenvalue weighted by Crippen LogP contribution is -2.40. The molecule has 0 bridgehead atoms. The van der Waals surface area contributed by atoms with Gasteiger partial charge in [0.15, 0.2) is 0 Å². The number of methoxy groups -OCH3 is 1. The highest BCUT2D eigenvalue weighted by atomic mass is 35.5. The average Bonchev–Trinajstić information content (AvgIpc) is 3.52. The molecule has 5 nitrogen and oxygen atoms in total. The van der Waals surface area contributed by atoms with Crippen LogP contribution < -0.4 is 0 Å². The van der Waals surface area contributed by atoms with Crippen molar-refractivity contribution < 1.29 is 49.8 Å². The number of ether oxygens (including phenoxy) is 1. The Hall–Kier alpha value is -3.21. The molecule has 1 aliphatic heterocycles. The van der Waals surface area contributed by atoms with Gasteiger partial charge in [-0.2, -0.15) is 26.3 Å². The standard InChI is InChI=1S/C18H18Cl2FN.C13H23NOSi.C9H4Cl2F4.C2HF3O2.CH4/c1-18(15-9-14(19)10-16(20)17(15)21)7-8-22(12-18)11-13-5-3-2-4-6-13;1-15-11-14(12-16(2,3)4)10-13-8-6-5-7-9-13;1-4(9(13,14)15)6-2-5(10)3-7(11)8(6)12;3-2(4,5)1(6)7;/h2-6,9-10H,7-8,11-12H2,1H3;5-9H,10-12H2,1-4H3;2-3H,1H2;(H,6,7);1H4. The fourth-order valence-corrected chi connectivity index (χ4v) is 8.55. The average molecular weight is 965 g/mol. The predicted molar refractivity (Wildman–Crippen MR) is 234 cm³/mol. The summed E-state index contributed by atoms with van der Waals surface area (Å²) >= 11 is 22.8. The molecule has 1 heterocycles. The molecule has 338 valence electrons. The summed E-state index contributed by atoms with van der Waals surface area (Å²) in [5.74, 6) is -4.27. The van der Waals surface area contributed by atoms with Crippen molar-refractivity contribution in [2.24, 2.45) is 0 Å². The molecule has 1 saturated heterocycles. The van der Waals surface area contributed by atoms with E-state index in [1.54, 1.807) is 13.2 Å². The summed E-state index contributed by atoms with van der Waals surface area (Å²) in [7, 11) is 0.701. The molecule has 5 rings (SSSR count). The highest BCUT2D eigenvalue weighted by Crippen LogP contribution is 2.40. The van der Waals surface area contributed by atoms with E-state index in [9.17, 15) is 35.1 Å². The summed E-state index contributed by atoms with van der Waals surface area (Å²) in [5.41, 5.74) is 0.951. The first-order valence-corrected chi connectivity index (χ1v) is 23.3. The molecule has 0 radical (unpaired) electrons. The van der Waals surface area contributed by atoms with E-state index in [4.69, 9.17) is 61.0 Å². The number of hydrogen-bond donors (Lipinski definition) is 1. The van der Waals surface area contributed by atoms with Crippen molar-refractivity contribution in [3.05, 3.63) is 145 Å². The highest BCUT2D eigenvalue weighted by molar-refractivity contribution is 6.76. The van der Waals surface area contributed by atoms with Gasteiger partial charge in [0.05, 0.1) is 30.4 Å². The molecule has 4 aromatic rings. The van der Waals surface area contributed by atoms with Crippen LogP contribution in [0.2, 0.25) is 39.7 Å². The topological polar surface area (TPSA) is 53.0 Å². The number of benzene rings is 4. The molecule has 1 fully saturated rings. The third-order valence-corrected chi connectivity index (χ3v) is 11.0. The molecule has 0 aliphatic carbocycles. The van der Waals surface area contributed by atoms with E-state index in [-0.39, 0.29) is 28.7 Å². The van der Waals surface area contributed by atoms with E-state index in [1.165, 1.54) is 23.4 Å². The van der Waals surface area contributed by atoms with E-state index >= 15 is 0 Å². The van der Waals surface area contributed by atoms with Gasteiger partial charge in [0.2, 0.25) is 0 Å². The van der Waals surface area contributed by atoms with Crippen molar-refractivity contribution in [2.45, 2.75) is 71.3 Å². The summed E-state index contributed by atoms with van der Waals surface area (Å²) in [6, 6.07) is 26.0. The summed E-state index contributed by atoms with van der Waals surface area (Å²) in [4.78, 5) is 13.6. The first-order chi connectivity index (χ1) is 27.7. The number of allylic oxidation sites excluding steroid dienone is 1. The van der Waals surface area contributed by atoms with Crippen molar-refractivity contribution in [3.8, 4) is 0 Å². The van der Waals surface area contributed by atoms with Gasteiger partial charge in [0.1, 0.15) is 11.6 Å². The van der Waals surface area contributed by atoms with Crippen LogP contribution >= 0.6 is 46.4 Å². The zero-order chi connectivity index (χ0) is 45.6. The van der Waals surface area contributed by atoms with Crippen LogP contribution in [0, 0.1) is 11.6 Å². The predicted octanol–water partition coefficient (Wildman–Crippen LogP) is 14.2. The summed E-state index contributed by atoms with van der Waals surface area (Å²) < 4.78 is 101. The maximum absolute atomic E-state index is 14.4. The van der Waals surface area contributed by atoms with Crippen molar-refractivity contribution in [1.29, 1.82) is 0 Å². The maximum Gasteiger partial charge on any atom is 0.490 e. The number of likely N-dealkylation sites (tertiary alicyclic amines) is 1. The van der Waals surface area contributed by atoms with Gasteiger partial charge in [-0.3, -0.25) is 9.80 Å². The van der Waals surface area contributed by atoms with Crippen LogP contribution in [0.25, 0.3) is 5.57 Å². The Balaban J connectivity index is 0.000000429. The number of hydrogen-bond acceptors (Lipinski definition) is 4. The van der Waals surface area contributed by atoms with Crippen LogP contribution in [0.3, 0.4) is 0 Å². The van der Waals surface area contributed by atoms with Crippen molar-refractivity contribution >= 4 is 66.0 Å². The molecule has 1 aliphatic rings. The molecule has 61 heavy (non-hydrogen) atoms. The molecular formula is C43H50Cl4F8N2O3Si. The van der Waals surface area contributed by atoms with Crippen LogP contribution in [-0.2, 0) is 28.0 Å². The first kappa shape index (κ1) is 55.8. The second-order valence-electron chi connectivity index (χ2n) is 15.2. The third kappa shape index (κ3) is 19.4. The van der Waals surface area contributed by atoms with Crippen molar-refractivity contribution in [3.63, 3.8) is 0 Å². The van der Waals surface area contributed by atoms with E-state index < -0.39 is 48.4 Å². The van der Waals surface area contributed by atoms with Crippen LogP contribution in [-0.4, -0.2) is 74.4 Å². The second kappa shape index (κ2) is 24.6. The summed E-state index contributed by atoms with van der Waals surface area (Å²) in [6.45, 7) is 16.3. The van der Waals surface area contributed by atoms with Gasteiger partial charge in [0, 0.05) is 47.8 Å². The maximum atomic E-state index is 14.4. The fraction of sp³-hybridized carbons (Fsp3) is 0.372. The Morgan fingerprint density at radius 1 is 0.836 bits per heavy atom. The zero-order valence-corrected chi connectivity index (χ0v) is 37.5. The number of aliphatic carboxylic acids is 1.